The summed E-state index contributed by atoms with van der Waals surface area (Å²) in [5.41, 5.74) is 0.668. The lowest BCUT2D eigenvalue weighted by Gasteiger charge is -2.37. The number of hydrogen-bond acceptors (Lipinski definition) is 5. The topological polar surface area (TPSA) is 52.4 Å². The number of hydrogen-bond donors (Lipinski definition) is 0. The van der Waals surface area contributed by atoms with Gasteiger partial charge in [-0.1, -0.05) is 0 Å². The zero-order chi connectivity index (χ0) is 14.5. The minimum Gasteiger partial charge on any atom is -0.377 e. The van der Waals surface area contributed by atoms with Crippen LogP contribution in [0.4, 0.5) is 5.82 Å². The van der Waals surface area contributed by atoms with Crippen molar-refractivity contribution in [2.45, 2.75) is 25.4 Å². The summed E-state index contributed by atoms with van der Waals surface area (Å²) in [6, 6.07) is 5.89. The van der Waals surface area contributed by atoms with Crippen LogP contribution in [0.15, 0.2) is 18.3 Å². The minimum atomic E-state index is 0.412. The molecule has 0 N–H and O–H groups in total. The molecule has 0 radical (unpaired) electrons. The number of pyridine rings is 1. The molecule has 2 aliphatic heterocycles. The van der Waals surface area contributed by atoms with Crippen molar-refractivity contribution in [3.63, 3.8) is 0 Å². The van der Waals surface area contributed by atoms with Crippen molar-refractivity contribution in [3.05, 3.63) is 23.9 Å². The predicted molar refractivity (Wildman–Crippen MR) is 81.2 cm³/mol. The molecule has 1 aromatic heterocycles. The van der Waals surface area contributed by atoms with Crippen LogP contribution in [0.5, 0.6) is 0 Å². The van der Waals surface area contributed by atoms with Gasteiger partial charge in [-0.15, -0.1) is 0 Å². The van der Waals surface area contributed by atoms with E-state index in [1.807, 2.05) is 12.1 Å². The number of anilines is 1. The van der Waals surface area contributed by atoms with Crippen molar-refractivity contribution < 1.29 is 4.74 Å². The van der Waals surface area contributed by atoms with Crippen molar-refractivity contribution in [1.82, 2.24) is 9.88 Å². The normalized spacial score (nSPS) is 23.8. The molecule has 21 heavy (non-hydrogen) atoms. The van der Waals surface area contributed by atoms with E-state index in [1.54, 1.807) is 6.20 Å². The molecule has 2 aliphatic rings. The highest BCUT2D eigenvalue weighted by molar-refractivity contribution is 5.53. The van der Waals surface area contributed by atoms with Crippen LogP contribution < -0.4 is 4.90 Å². The summed E-state index contributed by atoms with van der Waals surface area (Å²) < 4.78 is 5.82. The van der Waals surface area contributed by atoms with Gasteiger partial charge in [0.15, 0.2) is 0 Å². The van der Waals surface area contributed by atoms with Crippen LogP contribution in [0.2, 0.25) is 0 Å². The van der Waals surface area contributed by atoms with Gasteiger partial charge in [0.2, 0.25) is 0 Å². The predicted octanol–water partition coefficient (Wildman–Crippen LogP) is 1.64. The lowest BCUT2D eigenvalue weighted by molar-refractivity contribution is -0.00647. The van der Waals surface area contributed by atoms with Crippen LogP contribution in [-0.4, -0.2) is 55.3 Å². The Morgan fingerprint density at radius 2 is 2.14 bits per heavy atom. The highest BCUT2D eigenvalue weighted by Crippen LogP contribution is 2.19. The number of ether oxygens (including phenoxy) is 1. The number of nitriles is 1. The fourth-order valence-electron chi connectivity index (χ4n) is 3.12. The molecule has 5 heteroatoms. The molecule has 5 nitrogen and oxygen atoms in total. The van der Waals surface area contributed by atoms with Crippen molar-refractivity contribution in [2.75, 3.05) is 44.2 Å². The average Bonchev–Trinajstić information content (AvgIpc) is 2.56. The second kappa shape index (κ2) is 6.88. The van der Waals surface area contributed by atoms with E-state index in [1.165, 1.54) is 19.3 Å². The maximum atomic E-state index is 9.17. The van der Waals surface area contributed by atoms with Crippen LogP contribution in [0.1, 0.15) is 24.8 Å². The molecule has 0 aromatic carbocycles. The zero-order valence-electron chi connectivity index (χ0n) is 12.4. The Kier molecular flexibility index (Phi) is 4.69. The molecule has 3 heterocycles. The molecule has 3 rings (SSSR count). The second-order valence-electron chi connectivity index (χ2n) is 5.76. The lowest BCUT2D eigenvalue weighted by atomic mass is 10.1. The monoisotopic (exact) mass is 286 g/mol. The second-order valence-corrected chi connectivity index (χ2v) is 5.76. The highest BCUT2D eigenvalue weighted by Gasteiger charge is 2.23. The van der Waals surface area contributed by atoms with E-state index in [-0.39, 0.29) is 0 Å². The Bertz CT molecular complexity index is 499. The summed E-state index contributed by atoms with van der Waals surface area (Å²) >= 11 is 0. The standard InChI is InChI=1S/C16H22N4O/c17-12-14-4-3-6-18-16(14)20-9-7-19(8-10-20)13-15-5-1-2-11-21-15/h3-4,6,15H,1-2,5,7-11,13H2. The van der Waals surface area contributed by atoms with Gasteiger partial charge >= 0.3 is 0 Å². The number of aromatic nitrogens is 1. The van der Waals surface area contributed by atoms with Crippen molar-refractivity contribution >= 4 is 5.82 Å². The Labute approximate surface area is 126 Å². The number of nitrogens with zero attached hydrogens (tertiary/aromatic N) is 4. The van der Waals surface area contributed by atoms with Crippen molar-refractivity contribution in [1.29, 1.82) is 5.26 Å². The summed E-state index contributed by atoms with van der Waals surface area (Å²) in [7, 11) is 0. The molecule has 1 atom stereocenters. The van der Waals surface area contributed by atoms with Crippen LogP contribution in [-0.2, 0) is 4.74 Å². The first-order valence-corrected chi connectivity index (χ1v) is 7.81. The Morgan fingerprint density at radius 3 is 2.86 bits per heavy atom. The molecular weight excluding hydrogens is 264 g/mol. The maximum Gasteiger partial charge on any atom is 0.146 e. The zero-order valence-corrected chi connectivity index (χ0v) is 12.4. The van der Waals surface area contributed by atoms with Gasteiger partial charge in [0.05, 0.1) is 11.7 Å². The third-order valence-corrected chi connectivity index (χ3v) is 4.31. The van der Waals surface area contributed by atoms with Crippen molar-refractivity contribution in [2.24, 2.45) is 0 Å². The van der Waals surface area contributed by atoms with Gasteiger partial charge in [0.1, 0.15) is 11.9 Å². The molecule has 1 unspecified atom stereocenters. The summed E-state index contributed by atoms with van der Waals surface area (Å²) in [5.74, 6) is 0.827. The fraction of sp³-hybridized carbons (Fsp3) is 0.625. The SMILES string of the molecule is N#Cc1cccnc1N1CCN(CC2CCCCO2)CC1. The highest BCUT2D eigenvalue weighted by atomic mass is 16.5. The molecule has 0 spiro atoms. The van der Waals surface area contributed by atoms with Gasteiger partial charge in [0, 0.05) is 45.5 Å². The summed E-state index contributed by atoms with van der Waals surface area (Å²) in [5, 5.41) is 9.17. The first kappa shape index (κ1) is 14.3. The molecular formula is C16H22N4O. The molecule has 2 fully saturated rings. The number of piperazine rings is 1. The van der Waals surface area contributed by atoms with E-state index in [0.29, 0.717) is 11.7 Å². The molecule has 0 aliphatic carbocycles. The van der Waals surface area contributed by atoms with E-state index in [0.717, 1.165) is 45.1 Å². The van der Waals surface area contributed by atoms with Gasteiger partial charge in [-0.25, -0.2) is 4.98 Å². The number of rotatable bonds is 3. The molecule has 1 aromatic rings. The largest absolute Gasteiger partial charge is 0.377 e. The summed E-state index contributed by atoms with van der Waals surface area (Å²) in [6.45, 7) is 5.85. The third-order valence-electron chi connectivity index (χ3n) is 4.31. The van der Waals surface area contributed by atoms with Crippen LogP contribution in [0.25, 0.3) is 0 Å². The Morgan fingerprint density at radius 1 is 1.29 bits per heavy atom. The fourth-order valence-corrected chi connectivity index (χ4v) is 3.12. The van der Waals surface area contributed by atoms with E-state index in [2.05, 4.69) is 20.9 Å². The lowest BCUT2D eigenvalue weighted by Crippen LogP contribution is -2.49. The van der Waals surface area contributed by atoms with E-state index >= 15 is 0 Å². The molecule has 0 saturated carbocycles. The van der Waals surface area contributed by atoms with Crippen LogP contribution in [0, 0.1) is 11.3 Å². The summed E-state index contributed by atoms with van der Waals surface area (Å²) in [6.07, 6.45) is 5.87. The first-order chi connectivity index (χ1) is 10.4. The van der Waals surface area contributed by atoms with E-state index in [4.69, 9.17) is 4.74 Å². The van der Waals surface area contributed by atoms with Crippen LogP contribution >= 0.6 is 0 Å². The van der Waals surface area contributed by atoms with Gasteiger partial charge < -0.3 is 9.64 Å². The molecule has 112 valence electrons. The molecule has 0 amide bonds. The van der Waals surface area contributed by atoms with E-state index < -0.39 is 0 Å². The van der Waals surface area contributed by atoms with Crippen LogP contribution in [0.3, 0.4) is 0 Å². The molecule has 2 saturated heterocycles. The molecule has 0 bridgehead atoms. The minimum absolute atomic E-state index is 0.412. The smallest absolute Gasteiger partial charge is 0.146 e. The first-order valence-electron chi connectivity index (χ1n) is 7.81. The summed E-state index contributed by atoms with van der Waals surface area (Å²) in [4.78, 5) is 9.07. The quantitative estimate of drug-likeness (QED) is 0.845. The van der Waals surface area contributed by atoms with Gasteiger partial charge in [0.25, 0.3) is 0 Å². The van der Waals surface area contributed by atoms with Gasteiger partial charge in [-0.3, -0.25) is 4.90 Å². The van der Waals surface area contributed by atoms with Crippen molar-refractivity contribution in [3.8, 4) is 6.07 Å². The Hall–Kier alpha value is -1.64. The maximum absolute atomic E-state index is 9.17. The van der Waals surface area contributed by atoms with E-state index in [9.17, 15) is 5.26 Å². The Balaban J connectivity index is 1.54. The average molecular weight is 286 g/mol. The van der Waals surface area contributed by atoms with Gasteiger partial charge in [-0.2, -0.15) is 5.26 Å². The third kappa shape index (κ3) is 3.52. The van der Waals surface area contributed by atoms with Gasteiger partial charge in [-0.05, 0) is 31.4 Å².